The van der Waals surface area contributed by atoms with E-state index in [2.05, 4.69) is 5.32 Å². The first-order chi connectivity index (χ1) is 18.2. The molecule has 11 heteroatoms. The summed E-state index contributed by atoms with van der Waals surface area (Å²) in [5.74, 6) is -0.113. The lowest BCUT2D eigenvalue weighted by Crippen LogP contribution is -2.54. The van der Waals surface area contributed by atoms with Crippen LogP contribution in [-0.4, -0.2) is 39.2 Å². The molecule has 4 rings (SSSR count). The summed E-state index contributed by atoms with van der Waals surface area (Å²) in [7, 11) is 4.36. The van der Waals surface area contributed by atoms with E-state index in [0.717, 1.165) is 10.5 Å². The number of hydrogen-bond donors (Lipinski definition) is 1. The summed E-state index contributed by atoms with van der Waals surface area (Å²) in [6.07, 6.45) is 1.34. The van der Waals surface area contributed by atoms with Crippen molar-refractivity contribution < 1.29 is 33.3 Å². The van der Waals surface area contributed by atoms with Gasteiger partial charge in [0.25, 0.3) is 11.8 Å². The molecule has 1 saturated heterocycles. The highest BCUT2D eigenvalue weighted by molar-refractivity contribution is 6.39. The number of methoxy groups -OCH3 is 3. The van der Waals surface area contributed by atoms with E-state index in [9.17, 15) is 14.4 Å². The van der Waals surface area contributed by atoms with Gasteiger partial charge in [-0.3, -0.25) is 14.9 Å². The summed E-state index contributed by atoms with van der Waals surface area (Å²) >= 11 is 12.1. The highest BCUT2D eigenvalue weighted by Crippen LogP contribution is 2.39. The third kappa shape index (κ3) is 5.53. The van der Waals surface area contributed by atoms with Crippen LogP contribution < -0.4 is 29.2 Å². The number of carbonyl (C=O) groups excluding carboxylic acids is 3. The van der Waals surface area contributed by atoms with Gasteiger partial charge in [-0.1, -0.05) is 29.3 Å². The van der Waals surface area contributed by atoms with Gasteiger partial charge < -0.3 is 18.9 Å². The predicted molar refractivity (Wildman–Crippen MR) is 142 cm³/mol. The number of nitrogens with zero attached hydrogens (tertiary/aromatic N) is 1. The first-order valence-electron chi connectivity index (χ1n) is 11.1. The molecule has 1 N–H and O–H groups in total. The van der Waals surface area contributed by atoms with E-state index in [1.54, 1.807) is 42.5 Å². The van der Waals surface area contributed by atoms with Gasteiger partial charge in [-0.2, -0.15) is 0 Å². The summed E-state index contributed by atoms with van der Waals surface area (Å²) in [6, 6.07) is 13.6. The topological polar surface area (TPSA) is 103 Å². The molecule has 4 amide bonds. The highest BCUT2D eigenvalue weighted by atomic mass is 35.5. The van der Waals surface area contributed by atoms with Crippen molar-refractivity contribution >= 4 is 52.8 Å². The number of ether oxygens (including phenoxy) is 4. The Kier molecular flexibility index (Phi) is 8.09. The third-order valence-corrected chi connectivity index (χ3v) is 6.19. The first-order valence-corrected chi connectivity index (χ1v) is 11.9. The van der Waals surface area contributed by atoms with Crippen molar-refractivity contribution in [1.29, 1.82) is 0 Å². The molecule has 1 fully saturated rings. The summed E-state index contributed by atoms with van der Waals surface area (Å²) in [4.78, 5) is 39.3. The standard InChI is InChI=1S/C27H22Cl2N2O7/c1-35-22-11-15(12-23(36-2)24(22)37-3)10-20-25(32)30-27(34)31(26(20)33)18-6-8-19(9-7-18)38-14-16-4-5-17(28)13-21(16)29/h4-13H,14H2,1-3H3,(H,30,32,34)/b20-10+. The van der Waals surface area contributed by atoms with Crippen LogP contribution in [0.5, 0.6) is 23.0 Å². The van der Waals surface area contributed by atoms with Crippen LogP contribution in [0.15, 0.2) is 60.2 Å². The summed E-state index contributed by atoms with van der Waals surface area (Å²) in [6.45, 7) is 0.189. The molecule has 196 valence electrons. The molecule has 0 bridgehead atoms. The SMILES string of the molecule is COc1cc(/C=C2\C(=O)NC(=O)N(c3ccc(OCc4ccc(Cl)cc4Cl)cc3)C2=O)cc(OC)c1OC. The minimum Gasteiger partial charge on any atom is -0.493 e. The molecule has 1 heterocycles. The Labute approximate surface area is 228 Å². The van der Waals surface area contributed by atoms with Crippen molar-refractivity contribution in [1.82, 2.24) is 5.32 Å². The zero-order chi connectivity index (χ0) is 27.4. The van der Waals surface area contributed by atoms with Crippen molar-refractivity contribution in [3.63, 3.8) is 0 Å². The Balaban J connectivity index is 1.57. The second-order valence-electron chi connectivity index (χ2n) is 7.93. The summed E-state index contributed by atoms with van der Waals surface area (Å²) in [5.41, 5.74) is 1.16. The first kappa shape index (κ1) is 26.8. The second kappa shape index (κ2) is 11.5. The number of rotatable bonds is 8. The Morgan fingerprint density at radius 3 is 2.11 bits per heavy atom. The summed E-state index contributed by atoms with van der Waals surface area (Å²) in [5, 5.41) is 3.19. The van der Waals surface area contributed by atoms with E-state index < -0.39 is 17.8 Å². The van der Waals surface area contributed by atoms with Crippen molar-refractivity contribution in [2.45, 2.75) is 6.61 Å². The molecule has 0 saturated carbocycles. The second-order valence-corrected chi connectivity index (χ2v) is 8.78. The molecule has 0 atom stereocenters. The van der Waals surface area contributed by atoms with Gasteiger partial charge >= 0.3 is 6.03 Å². The van der Waals surface area contributed by atoms with Crippen LogP contribution in [0.3, 0.4) is 0 Å². The Morgan fingerprint density at radius 2 is 1.53 bits per heavy atom. The number of urea groups is 1. The van der Waals surface area contributed by atoms with Crippen molar-refractivity contribution in [3.8, 4) is 23.0 Å². The maximum Gasteiger partial charge on any atom is 0.335 e. The molecular weight excluding hydrogens is 535 g/mol. The molecule has 0 radical (unpaired) electrons. The zero-order valence-electron chi connectivity index (χ0n) is 20.5. The zero-order valence-corrected chi connectivity index (χ0v) is 22.1. The number of benzene rings is 3. The van der Waals surface area contributed by atoms with Crippen LogP contribution in [0.2, 0.25) is 10.0 Å². The number of anilines is 1. The van der Waals surface area contributed by atoms with E-state index >= 15 is 0 Å². The average Bonchev–Trinajstić information content (AvgIpc) is 2.90. The lowest BCUT2D eigenvalue weighted by atomic mass is 10.1. The smallest absolute Gasteiger partial charge is 0.335 e. The fourth-order valence-corrected chi connectivity index (χ4v) is 4.20. The van der Waals surface area contributed by atoms with Gasteiger partial charge in [-0.15, -0.1) is 0 Å². The third-order valence-electron chi connectivity index (χ3n) is 5.60. The molecule has 3 aromatic rings. The Bertz CT molecular complexity index is 1410. The predicted octanol–water partition coefficient (Wildman–Crippen LogP) is 5.26. The number of hydrogen-bond acceptors (Lipinski definition) is 7. The van der Waals surface area contributed by atoms with E-state index in [-0.39, 0.29) is 17.9 Å². The molecule has 0 aromatic heterocycles. The average molecular weight is 557 g/mol. The van der Waals surface area contributed by atoms with Crippen LogP contribution >= 0.6 is 23.2 Å². The van der Waals surface area contributed by atoms with Gasteiger partial charge in [0.15, 0.2) is 11.5 Å². The molecule has 3 aromatic carbocycles. The number of carbonyl (C=O) groups is 3. The number of imide groups is 2. The Hall–Kier alpha value is -4.21. The van der Waals surface area contributed by atoms with Gasteiger partial charge in [-0.05, 0) is 60.2 Å². The van der Waals surface area contributed by atoms with Crippen LogP contribution in [0.4, 0.5) is 10.5 Å². The maximum absolute atomic E-state index is 13.3. The van der Waals surface area contributed by atoms with E-state index in [1.807, 2.05) is 0 Å². The van der Waals surface area contributed by atoms with Crippen molar-refractivity contribution in [3.05, 3.63) is 81.3 Å². The van der Waals surface area contributed by atoms with Gasteiger partial charge in [-0.25, -0.2) is 9.69 Å². The van der Waals surface area contributed by atoms with Gasteiger partial charge in [0.1, 0.15) is 17.9 Å². The highest BCUT2D eigenvalue weighted by Gasteiger charge is 2.37. The molecule has 0 unspecified atom stereocenters. The quantitative estimate of drug-likeness (QED) is 0.298. The number of amides is 4. The molecule has 0 spiro atoms. The molecule has 9 nitrogen and oxygen atoms in total. The molecule has 1 aliphatic heterocycles. The number of barbiturate groups is 1. The van der Waals surface area contributed by atoms with E-state index in [0.29, 0.717) is 38.6 Å². The van der Waals surface area contributed by atoms with Crippen molar-refractivity contribution in [2.24, 2.45) is 0 Å². The Morgan fingerprint density at radius 1 is 0.868 bits per heavy atom. The van der Waals surface area contributed by atoms with Crippen LogP contribution in [0.1, 0.15) is 11.1 Å². The fourth-order valence-electron chi connectivity index (χ4n) is 3.73. The van der Waals surface area contributed by atoms with Crippen LogP contribution in [-0.2, 0) is 16.2 Å². The minimum atomic E-state index is -0.872. The largest absolute Gasteiger partial charge is 0.493 e. The minimum absolute atomic E-state index is 0.189. The number of halogens is 2. The maximum atomic E-state index is 13.3. The lowest BCUT2D eigenvalue weighted by Gasteiger charge is -2.26. The molecular formula is C27H22Cl2N2O7. The fraction of sp³-hybridized carbons (Fsp3) is 0.148. The van der Waals surface area contributed by atoms with Crippen molar-refractivity contribution in [2.75, 3.05) is 26.2 Å². The number of nitrogens with one attached hydrogen (secondary N) is 1. The monoisotopic (exact) mass is 556 g/mol. The van der Waals surface area contributed by atoms with Gasteiger partial charge in [0, 0.05) is 15.6 Å². The van der Waals surface area contributed by atoms with Gasteiger partial charge in [0.2, 0.25) is 5.75 Å². The molecule has 38 heavy (non-hydrogen) atoms. The summed E-state index contributed by atoms with van der Waals surface area (Å²) < 4.78 is 21.7. The molecule has 1 aliphatic rings. The normalized spacial score (nSPS) is 14.4. The lowest BCUT2D eigenvalue weighted by molar-refractivity contribution is -0.122. The van der Waals surface area contributed by atoms with E-state index in [4.69, 9.17) is 42.1 Å². The van der Waals surface area contributed by atoms with Crippen LogP contribution in [0, 0.1) is 0 Å². The van der Waals surface area contributed by atoms with Crippen LogP contribution in [0.25, 0.3) is 6.08 Å². The molecule has 0 aliphatic carbocycles. The van der Waals surface area contributed by atoms with Gasteiger partial charge in [0.05, 0.1) is 27.0 Å². The van der Waals surface area contributed by atoms with E-state index in [1.165, 1.54) is 39.5 Å².